The fraction of sp³-hybridized carbons (Fsp3) is 0.688. The highest BCUT2D eigenvalue weighted by Gasteiger charge is 2.19. The number of piperidine rings is 1. The predicted octanol–water partition coefficient (Wildman–Crippen LogP) is 2.35. The van der Waals surface area contributed by atoms with Crippen molar-refractivity contribution in [2.45, 2.75) is 38.6 Å². The number of likely N-dealkylation sites (tertiary alicyclic amines) is 1. The molecule has 1 saturated heterocycles. The summed E-state index contributed by atoms with van der Waals surface area (Å²) >= 11 is 1.69. The number of hydrogen-bond acceptors (Lipinski definition) is 4. The normalized spacial score (nSPS) is 18.0. The van der Waals surface area contributed by atoms with E-state index in [1.165, 1.54) is 45.3 Å². The molecule has 120 valence electrons. The fourth-order valence-electron chi connectivity index (χ4n) is 2.55. The smallest absolute Gasteiger partial charge is 0.207 e. The van der Waals surface area contributed by atoms with Crippen molar-refractivity contribution in [2.75, 3.05) is 32.4 Å². The maximum absolute atomic E-state index is 10.4. The first kappa shape index (κ1) is 18.1. The van der Waals surface area contributed by atoms with Crippen LogP contribution in [0.3, 0.4) is 0 Å². The average Bonchev–Trinajstić information content (AvgIpc) is 2.53. The quantitative estimate of drug-likeness (QED) is 0.480. The van der Waals surface area contributed by atoms with E-state index in [4.69, 9.17) is 0 Å². The Balaban J connectivity index is 2.49. The van der Waals surface area contributed by atoms with Gasteiger partial charge in [-0.1, -0.05) is 26.0 Å². The summed E-state index contributed by atoms with van der Waals surface area (Å²) in [7, 11) is 0. The molecule has 0 unspecified atom stereocenters. The molecule has 0 spiro atoms. The Labute approximate surface area is 133 Å². The fourth-order valence-corrected chi connectivity index (χ4v) is 3.25. The summed E-state index contributed by atoms with van der Waals surface area (Å²) in [5.74, 6) is 0. The number of hydrogen-bond donors (Lipinski definition) is 2. The van der Waals surface area contributed by atoms with Gasteiger partial charge in [-0.15, -0.1) is 11.8 Å². The van der Waals surface area contributed by atoms with E-state index in [1.807, 2.05) is 6.08 Å². The van der Waals surface area contributed by atoms with Crippen molar-refractivity contribution in [1.29, 1.82) is 0 Å². The molecule has 1 aliphatic heterocycles. The molecule has 1 rings (SSSR count). The molecular weight excluding hydrogens is 282 g/mol. The highest BCUT2D eigenvalue weighted by molar-refractivity contribution is 8.02. The van der Waals surface area contributed by atoms with Crippen LogP contribution in [0.25, 0.3) is 0 Å². The van der Waals surface area contributed by atoms with Crippen LogP contribution < -0.4 is 10.6 Å². The number of thioether (sulfide) groups is 1. The molecule has 5 heteroatoms. The van der Waals surface area contributed by atoms with E-state index in [2.05, 4.69) is 35.3 Å². The van der Waals surface area contributed by atoms with Gasteiger partial charge in [0.2, 0.25) is 6.41 Å². The average molecular weight is 311 g/mol. The second-order valence-corrected chi connectivity index (χ2v) is 6.19. The zero-order valence-corrected chi connectivity index (χ0v) is 14.2. The molecule has 0 atom stereocenters. The van der Waals surface area contributed by atoms with Crippen LogP contribution in [-0.4, -0.2) is 49.8 Å². The first-order chi connectivity index (χ1) is 10.2. The second kappa shape index (κ2) is 10.7. The minimum atomic E-state index is 0.525. The molecular formula is C16H29N3OS. The van der Waals surface area contributed by atoms with Crippen molar-refractivity contribution in [2.24, 2.45) is 0 Å². The lowest BCUT2D eigenvalue weighted by Gasteiger charge is -2.33. The van der Waals surface area contributed by atoms with Gasteiger partial charge >= 0.3 is 0 Å². The molecule has 2 N–H and O–H groups in total. The zero-order chi connectivity index (χ0) is 15.5. The number of nitrogens with one attached hydrogen (secondary N) is 2. The van der Waals surface area contributed by atoms with E-state index in [1.54, 1.807) is 11.8 Å². The standard InChI is InChI=1S/C16H29N3OS/c1-4-6-9-19-10-7-15(8-11-19)18-16(21-3)14(5-2)12-17-13-20/h5,13,15,18H,2,4,6-12H2,1,3H3,(H,17,20)/b16-14+. The molecule has 1 aliphatic rings. The third-order valence-electron chi connectivity index (χ3n) is 3.87. The van der Waals surface area contributed by atoms with Crippen LogP contribution in [0, 0.1) is 0 Å². The minimum Gasteiger partial charge on any atom is -0.377 e. The number of unbranched alkanes of at least 4 members (excludes halogenated alkanes) is 1. The molecule has 0 aliphatic carbocycles. The molecule has 0 aromatic carbocycles. The van der Waals surface area contributed by atoms with Crippen LogP contribution >= 0.6 is 11.8 Å². The molecule has 21 heavy (non-hydrogen) atoms. The van der Waals surface area contributed by atoms with Crippen LogP contribution in [0.5, 0.6) is 0 Å². The van der Waals surface area contributed by atoms with Crippen molar-refractivity contribution < 1.29 is 4.79 Å². The van der Waals surface area contributed by atoms with E-state index in [9.17, 15) is 4.79 Å². The van der Waals surface area contributed by atoms with Gasteiger partial charge in [0.1, 0.15) is 0 Å². The highest BCUT2D eigenvalue weighted by Crippen LogP contribution is 2.19. The van der Waals surface area contributed by atoms with Crippen LogP contribution in [0.4, 0.5) is 0 Å². The molecule has 1 fully saturated rings. The summed E-state index contributed by atoms with van der Waals surface area (Å²) < 4.78 is 0. The van der Waals surface area contributed by atoms with Crippen molar-refractivity contribution in [1.82, 2.24) is 15.5 Å². The van der Waals surface area contributed by atoms with Gasteiger partial charge in [0.25, 0.3) is 0 Å². The highest BCUT2D eigenvalue weighted by atomic mass is 32.2. The Morgan fingerprint density at radius 3 is 2.67 bits per heavy atom. The van der Waals surface area contributed by atoms with E-state index < -0.39 is 0 Å². The number of carbonyl (C=O) groups excluding carboxylic acids is 1. The van der Waals surface area contributed by atoms with Gasteiger partial charge in [-0.05, 0) is 32.1 Å². The molecule has 0 aromatic rings. The van der Waals surface area contributed by atoms with E-state index in [0.717, 1.165) is 17.0 Å². The third-order valence-corrected chi connectivity index (χ3v) is 4.66. The predicted molar refractivity (Wildman–Crippen MR) is 92.3 cm³/mol. The van der Waals surface area contributed by atoms with Gasteiger partial charge in [-0.2, -0.15) is 0 Å². The molecule has 1 amide bonds. The SMILES string of the molecule is C=C/C(CNC=O)=C(/NC1CCN(CCCC)CC1)SC. The van der Waals surface area contributed by atoms with E-state index >= 15 is 0 Å². The number of carbonyl (C=O) groups is 1. The minimum absolute atomic E-state index is 0.525. The lowest BCUT2D eigenvalue weighted by atomic mass is 10.0. The largest absolute Gasteiger partial charge is 0.377 e. The van der Waals surface area contributed by atoms with Crippen LogP contribution in [0.1, 0.15) is 32.6 Å². The summed E-state index contributed by atoms with van der Waals surface area (Å²) in [5.41, 5.74) is 1.06. The van der Waals surface area contributed by atoms with Gasteiger partial charge in [0, 0.05) is 31.2 Å². The Hall–Kier alpha value is -0.940. The summed E-state index contributed by atoms with van der Waals surface area (Å²) in [5, 5.41) is 7.47. The van der Waals surface area contributed by atoms with Gasteiger partial charge < -0.3 is 15.5 Å². The van der Waals surface area contributed by atoms with Gasteiger partial charge in [0.15, 0.2) is 0 Å². The number of rotatable bonds is 10. The van der Waals surface area contributed by atoms with Crippen molar-refractivity contribution >= 4 is 18.2 Å². The number of nitrogens with zero attached hydrogens (tertiary/aromatic N) is 1. The van der Waals surface area contributed by atoms with Crippen LogP contribution in [0.15, 0.2) is 23.3 Å². The summed E-state index contributed by atoms with van der Waals surface area (Å²) in [6.07, 6.45) is 9.54. The molecule has 1 heterocycles. The van der Waals surface area contributed by atoms with E-state index in [0.29, 0.717) is 12.6 Å². The Bertz CT molecular complexity index is 349. The maximum Gasteiger partial charge on any atom is 0.207 e. The molecule has 0 aromatic heterocycles. The van der Waals surface area contributed by atoms with Gasteiger partial charge in [-0.25, -0.2) is 0 Å². The first-order valence-corrected chi connectivity index (χ1v) is 9.03. The Morgan fingerprint density at radius 2 is 2.14 bits per heavy atom. The third kappa shape index (κ3) is 6.57. The van der Waals surface area contributed by atoms with E-state index in [-0.39, 0.29) is 0 Å². The van der Waals surface area contributed by atoms with Crippen molar-refractivity contribution in [3.63, 3.8) is 0 Å². The topological polar surface area (TPSA) is 44.4 Å². The second-order valence-electron chi connectivity index (χ2n) is 5.38. The Morgan fingerprint density at radius 1 is 1.43 bits per heavy atom. The van der Waals surface area contributed by atoms with Crippen LogP contribution in [0.2, 0.25) is 0 Å². The monoisotopic (exact) mass is 311 g/mol. The number of amides is 1. The lowest BCUT2D eigenvalue weighted by Crippen LogP contribution is -2.42. The lowest BCUT2D eigenvalue weighted by molar-refractivity contribution is -0.109. The molecule has 0 saturated carbocycles. The summed E-state index contributed by atoms with van der Waals surface area (Å²) in [6.45, 7) is 10.2. The molecule has 0 radical (unpaired) electrons. The summed E-state index contributed by atoms with van der Waals surface area (Å²) in [6, 6.07) is 0.525. The molecule has 0 bridgehead atoms. The van der Waals surface area contributed by atoms with Crippen molar-refractivity contribution in [3.05, 3.63) is 23.3 Å². The van der Waals surface area contributed by atoms with Gasteiger partial charge in [0.05, 0.1) is 5.03 Å². The van der Waals surface area contributed by atoms with Crippen molar-refractivity contribution in [3.8, 4) is 0 Å². The maximum atomic E-state index is 10.4. The van der Waals surface area contributed by atoms with Crippen LogP contribution in [-0.2, 0) is 4.79 Å². The zero-order valence-electron chi connectivity index (χ0n) is 13.4. The first-order valence-electron chi connectivity index (χ1n) is 7.80. The summed E-state index contributed by atoms with van der Waals surface area (Å²) in [4.78, 5) is 13.0. The molecule has 4 nitrogen and oxygen atoms in total. The Kier molecular flexibility index (Phi) is 9.26. The van der Waals surface area contributed by atoms with Gasteiger partial charge in [-0.3, -0.25) is 4.79 Å².